The summed E-state index contributed by atoms with van der Waals surface area (Å²) >= 11 is 0. The maximum Gasteiger partial charge on any atom is 0.193 e. The minimum atomic E-state index is 0.181. The number of aliphatic imine (C=N–C) groups is 1. The first kappa shape index (κ1) is 19.7. The lowest BCUT2D eigenvalue weighted by Gasteiger charge is -2.34. The fraction of sp³-hybridized carbons (Fsp3) is 0.682. The molecule has 0 amide bonds. The van der Waals surface area contributed by atoms with Crippen molar-refractivity contribution < 1.29 is 9.47 Å². The van der Waals surface area contributed by atoms with Crippen molar-refractivity contribution in [3.8, 4) is 0 Å². The Labute approximate surface area is 168 Å². The Kier molecular flexibility index (Phi) is 6.83. The van der Waals surface area contributed by atoms with E-state index in [1.54, 1.807) is 0 Å². The Morgan fingerprint density at radius 2 is 1.93 bits per heavy atom. The van der Waals surface area contributed by atoms with Crippen molar-refractivity contribution in [3.63, 3.8) is 0 Å². The van der Waals surface area contributed by atoms with Crippen molar-refractivity contribution in [2.75, 3.05) is 59.6 Å². The maximum absolute atomic E-state index is 6.15. The van der Waals surface area contributed by atoms with E-state index in [9.17, 15) is 0 Å². The molecule has 6 heteroatoms. The molecule has 1 aromatic rings. The Balaban J connectivity index is 1.32. The van der Waals surface area contributed by atoms with Gasteiger partial charge in [0.15, 0.2) is 5.96 Å². The van der Waals surface area contributed by atoms with Gasteiger partial charge in [-0.2, -0.15) is 0 Å². The van der Waals surface area contributed by atoms with Gasteiger partial charge in [-0.25, -0.2) is 0 Å². The summed E-state index contributed by atoms with van der Waals surface area (Å²) in [6.45, 7) is 7.75. The number of nitrogens with one attached hydrogen (secondary N) is 1. The van der Waals surface area contributed by atoms with Crippen LogP contribution in [-0.2, 0) is 9.47 Å². The molecule has 0 aliphatic carbocycles. The number of hydrogen-bond acceptors (Lipinski definition) is 4. The summed E-state index contributed by atoms with van der Waals surface area (Å²) in [7, 11) is 1.90. The molecule has 3 atom stereocenters. The highest BCUT2D eigenvalue weighted by Crippen LogP contribution is 2.33. The predicted molar refractivity (Wildman–Crippen MR) is 112 cm³/mol. The summed E-state index contributed by atoms with van der Waals surface area (Å²) in [5.74, 6) is 1.51. The predicted octanol–water partition coefficient (Wildman–Crippen LogP) is 2.14. The Morgan fingerprint density at radius 3 is 2.71 bits per heavy atom. The second-order valence-corrected chi connectivity index (χ2v) is 8.07. The van der Waals surface area contributed by atoms with Crippen LogP contribution in [0.15, 0.2) is 35.3 Å². The van der Waals surface area contributed by atoms with Gasteiger partial charge in [0.2, 0.25) is 0 Å². The van der Waals surface area contributed by atoms with E-state index in [1.807, 2.05) is 7.05 Å². The van der Waals surface area contributed by atoms with Crippen LogP contribution in [0.4, 0.5) is 0 Å². The summed E-state index contributed by atoms with van der Waals surface area (Å²) in [5.41, 5.74) is 1.29. The van der Waals surface area contributed by atoms with Gasteiger partial charge in [-0.3, -0.25) is 9.89 Å². The first-order chi connectivity index (χ1) is 13.8. The number of morpholine rings is 1. The van der Waals surface area contributed by atoms with Gasteiger partial charge in [0.1, 0.15) is 0 Å². The molecule has 28 heavy (non-hydrogen) atoms. The molecule has 4 rings (SSSR count). The standard InChI is InChI=1S/C22H34N4O2/c1-23-22(26-10-9-20(17-26)25-11-14-27-15-12-25)24-16-19-8-5-13-28-21(19)18-6-3-2-4-7-18/h2-4,6-7,19-21H,5,8-17H2,1H3,(H,23,24). The first-order valence-electron chi connectivity index (χ1n) is 10.8. The maximum atomic E-state index is 6.15. The van der Waals surface area contributed by atoms with Gasteiger partial charge >= 0.3 is 0 Å². The number of benzene rings is 1. The van der Waals surface area contributed by atoms with Crippen molar-refractivity contribution >= 4 is 5.96 Å². The van der Waals surface area contributed by atoms with Crippen LogP contribution < -0.4 is 5.32 Å². The third-order valence-electron chi connectivity index (χ3n) is 6.33. The summed E-state index contributed by atoms with van der Waals surface area (Å²) in [5, 5.41) is 3.66. The van der Waals surface area contributed by atoms with Crippen LogP contribution in [0.1, 0.15) is 30.9 Å². The van der Waals surface area contributed by atoms with Crippen LogP contribution in [0.5, 0.6) is 0 Å². The van der Waals surface area contributed by atoms with Crippen LogP contribution in [0.3, 0.4) is 0 Å². The van der Waals surface area contributed by atoms with E-state index < -0.39 is 0 Å². The van der Waals surface area contributed by atoms with E-state index in [4.69, 9.17) is 9.47 Å². The van der Waals surface area contributed by atoms with Crippen LogP contribution in [0, 0.1) is 5.92 Å². The molecule has 0 spiro atoms. The van der Waals surface area contributed by atoms with Crippen LogP contribution >= 0.6 is 0 Å². The lowest BCUT2D eigenvalue weighted by molar-refractivity contribution is -0.0266. The molecule has 3 fully saturated rings. The van der Waals surface area contributed by atoms with Crippen molar-refractivity contribution in [2.24, 2.45) is 10.9 Å². The third kappa shape index (κ3) is 4.67. The molecule has 0 bridgehead atoms. The van der Waals surface area contributed by atoms with E-state index >= 15 is 0 Å². The lowest BCUT2D eigenvalue weighted by Crippen LogP contribution is -2.47. The quantitative estimate of drug-likeness (QED) is 0.635. The fourth-order valence-electron chi connectivity index (χ4n) is 4.79. The number of ether oxygens (including phenoxy) is 2. The monoisotopic (exact) mass is 386 g/mol. The van der Waals surface area contributed by atoms with Gasteiger partial charge in [-0.05, 0) is 24.8 Å². The van der Waals surface area contributed by atoms with Crippen molar-refractivity contribution in [1.82, 2.24) is 15.1 Å². The molecular formula is C22H34N4O2. The number of rotatable bonds is 4. The zero-order valence-electron chi connectivity index (χ0n) is 17.1. The highest BCUT2D eigenvalue weighted by molar-refractivity contribution is 5.80. The average molecular weight is 387 g/mol. The fourth-order valence-corrected chi connectivity index (χ4v) is 4.79. The molecule has 154 valence electrons. The topological polar surface area (TPSA) is 49.3 Å². The Bertz CT molecular complexity index is 633. The molecule has 6 nitrogen and oxygen atoms in total. The molecule has 3 aliphatic heterocycles. The summed E-state index contributed by atoms with van der Waals surface area (Å²) in [6, 6.07) is 11.3. The normalized spacial score (nSPS) is 29.8. The molecule has 3 aliphatic rings. The van der Waals surface area contributed by atoms with Gasteiger partial charge in [0.05, 0.1) is 19.3 Å². The number of likely N-dealkylation sites (tertiary alicyclic amines) is 1. The number of nitrogens with zero attached hydrogens (tertiary/aromatic N) is 3. The second-order valence-electron chi connectivity index (χ2n) is 8.07. The SMILES string of the molecule is CN=C(NCC1CCCOC1c1ccccc1)N1CCC(N2CCOCC2)C1. The molecule has 0 saturated carbocycles. The van der Waals surface area contributed by atoms with Crippen molar-refractivity contribution in [2.45, 2.75) is 31.4 Å². The minimum absolute atomic E-state index is 0.181. The Hall–Kier alpha value is -1.63. The third-order valence-corrected chi connectivity index (χ3v) is 6.33. The van der Waals surface area contributed by atoms with Crippen LogP contribution in [0.2, 0.25) is 0 Å². The van der Waals surface area contributed by atoms with Gasteiger partial charge in [-0.15, -0.1) is 0 Å². The molecule has 0 aromatic heterocycles. The smallest absolute Gasteiger partial charge is 0.193 e. The summed E-state index contributed by atoms with van der Waals surface area (Å²) in [6.07, 6.45) is 3.72. The number of hydrogen-bond donors (Lipinski definition) is 1. The van der Waals surface area contributed by atoms with Gasteiger partial charge in [0.25, 0.3) is 0 Å². The highest BCUT2D eigenvalue weighted by Gasteiger charge is 2.32. The zero-order chi connectivity index (χ0) is 19.2. The van der Waals surface area contributed by atoms with Gasteiger partial charge in [0, 0.05) is 58.3 Å². The zero-order valence-corrected chi connectivity index (χ0v) is 17.1. The Morgan fingerprint density at radius 1 is 1.11 bits per heavy atom. The molecular weight excluding hydrogens is 352 g/mol. The molecule has 0 radical (unpaired) electrons. The van der Waals surface area contributed by atoms with Gasteiger partial charge in [-0.1, -0.05) is 30.3 Å². The summed E-state index contributed by atoms with van der Waals surface area (Å²) in [4.78, 5) is 9.58. The molecule has 3 unspecified atom stereocenters. The van der Waals surface area contributed by atoms with Crippen molar-refractivity contribution in [1.29, 1.82) is 0 Å². The average Bonchev–Trinajstić information content (AvgIpc) is 3.26. The van der Waals surface area contributed by atoms with E-state index in [0.29, 0.717) is 12.0 Å². The van der Waals surface area contributed by atoms with Gasteiger partial charge < -0.3 is 19.7 Å². The summed E-state index contributed by atoms with van der Waals surface area (Å²) < 4.78 is 11.7. The van der Waals surface area contributed by atoms with Crippen LogP contribution in [0.25, 0.3) is 0 Å². The van der Waals surface area contributed by atoms with E-state index in [0.717, 1.165) is 64.9 Å². The minimum Gasteiger partial charge on any atom is -0.379 e. The van der Waals surface area contributed by atoms with E-state index in [-0.39, 0.29) is 6.10 Å². The van der Waals surface area contributed by atoms with E-state index in [1.165, 1.54) is 18.4 Å². The molecule has 1 N–H and O–H groups in total. The molecule has 3 heterocycles. The first-order valence-corrected chi connectivity index (χ1v) is 10.8. The molecule has 1 aromatic carbocycles. The number of guanidine groups is 1. The molecule has 3 saturated heterocycles. The van der Waals surface area contributed by atoms with Crippen molar-refractivity contribution in [3.05, 3.63) is 35.9 Å². The second kappa shape index (κ2) is 9.72. The lowest BCUT2D eigenvalue weighted by atomic mass is 9.89. The van der Waals surface area contributed by atoms with Crippen LogP contribution in [-0.4, -0.2) is 81.4 Å². The highest BCUT2D eigenvalue weighted by atomic mass is 16.5. The largest absolute Gasteiger partial charge is 0.379 e. The van der Waals surface area contributed by atoms with E-state index in [2.05, 4.69) is 50.4 Å².